The van der Waals surface area contributed by atoms with E-state index in [0.29, 0.717) is 28.3 Å². The smallest absolute Gasteiger partial charge is 0.281 e. The summed E-state index contributed by atoms with van der Waals surface area (Å²) in [6.45, 7) is 1.69. The SMILES string of the molecule is Cc1nc2c(nnn2-c2cccc(C(=O)c3ccccc3)c2)c(=O)[nH]1. The minimum absolute atomic E-state index is 0.0890. The Balaban J connectivity index is 1.83. The molecule has 0 aliphatic rings. The largest absolute Gasteiger partial charge is 0.309 e. The van der Waals surface area contributed by atoms with Gasteiger partial charge in [0.2, 0.25) is 0 Å². The van der Waals surface area contributed by atoms with Crippen molar-refractivity contribution in [3.63, 3.8) is 0 Å². The van der Waals surface area contributed by atoms with Crippen LogP contribution >= 0.6 is 0 Å². The number of aromatic amines is 1. The summed E-state index contributed by atoms with van der Waals surface area (Å²) in [5.74, 6) is 0.381. The fourth-order valence-electron chi connectivity index (χ4n) is 2.64. The number of nitrogens with zero attached hydrogens (tertiary/aromatic N) is 4. The summed E-state index contributed by atoms with van der Waals surface area (Å²) in [5.41, 5.74) is 1.91. The van der Waals surface area contributed by atoms with Gasteiger partial charge in [0.05, 0.1) is 5.69 Å². The summed E-state index contributed by atoms with van der Waals surface area (Å²) in [7, 11) is 0. The molecule has 1 N–H and O–H groups in total. The molecule has 0 saturated carbocycles. The van der Waals surface area contributed by atoms with Gasteiger partial charge in [-0.25, -0.2) is 4.98 Å². The molecule has 0 radical (unpaired) electrons. The molecule has 2 aromatic heterocycles. The number of rotatable bonds is 3. The van der Waals surface area contributed by atoms with Crippen molar-refractivity contribution in [1.82, 2.24) is 25.0 Å². The molecule has 4 rings (SSSR count). The maximum absolute atomic E-state index is 12.6. The van der Waals surface area contributed by atoms with Crippen molar-refractivity contribution >= 4 is 16.9 Å². The highest BCUT2D eigenvalue weighted by molar-refractivity contribution is 6.09. The van der Waals surface area contributed by atoms with Gasteiger partial charge in [-0.15, -0.1) is 5.10 Å². The first-order valence-electron chi connectivity index (χ1n) is 7.66. The van der Waals surface area contributed by atoms with Crippen LogP contribution in [0.3, 0.4) is 0 Å². The van der Waals surface area contributed by atoms with E-state index in [-0.39, 0.29) is 16.9 Å². The van der Waals surface area contributed by atoms with E-state index in [2.05, 4.69) is 20.3 Å². The van der Waals surface area contributed by atoms with Crippen molar-refractivity contribution in [3.8, 4) is 5.69 Å². The molecular weight excluding hydrogens is 318 g/mol. The molecule has 7 nitrogen and oxygen atoms in total. The van der Waals surface area contributed by atoms with Gasteiger partial charge in [-0.3, -0.25) is 9.59 Å². The molecule has 0 amide bonds. The summed E-state index contributed by atoms with van der Waals surface area (Å²) >= 11 is 0. The predicted octanol–water partition coefficient (Wildman–Crippen LogP) is 2.04. The van der Waals surface area contributed by atoms with E-state index in [1.165, 1.54) is 4.68 Å². The van der Waals surface area contributed by atoms with Crippen LogP contribution in [0.25, 0.3) is 16.9 Å². The van der Waals surface area contributed by atoms with Crippen molar-refractivity contribution in [2.45, 2.75) is 6.92 Å². The van der Waals surface area contributed by atoms with Gasteiger partial charge in [-0.1, -0.05) is 47.7 Å². The summed E-state index contributed by atoms with van der Waals surface area (Å²) in [5, 5.41) is 7.90. The van der Waals surface area contributed by atoms with Gasteiger partial charge < -0.3 is 4.98 Å². The van der Waals surface area contributed by atoms with Crippen LogP contribution in [0.1, 0.15) is 21.7 Å². The Morgan fingerprint density at radius 2 is 1.80 bits per heavy atom. The van der Waals surface area contributed by atoms with Gasteiger partial charge in [-0.2, -0.15) is 4.68 Å². The summed E-state index contributed by atoms with van der Waals surface area (Å²) in [6, 6.07) is 16.0. The molecule has 0 aliphatic carbocycles. The van der Waals surface area contributed by atoms with Gasteiger partial charge in [0.25, 0.3) is 5.56 Å². The molecule has 7 heteroatoms. The average molecular weight is 331 g/mol. The third-order valence-corrected chi connectivity index (χ3v) is 3.82. The lowest BCUT2D eigenvalue weighted by Crippen LogP contribution is -2.10. The van der Waals surface area contributed by atoms with E-state index >= 15 is 0 Å². The van der Waals surface area contributed by atoms with Crippen LogP contribution in [0.15, 0.2) is 59.4 Å². The summed E-state index contributed by atoms with van der Waals surface area (Å²) in [4.78, 5) is 31.5. The second-order valence-corrected chi connectivity index (χ2v) is 5.57. The Bertz CT molecular complexity index is 1150. The number of ketones is 1. The zero-order valence-electron chi connectivity index (χ0n) is 13.3. The molecule has 0 atom stereocenters. The van der Waals surface area contributed by atoms with Crippen LogP contribution < -0.4 is 5.56 Å². The number of carbonyl (C=O) groups excluding carboxylic acids is 1. The number of hydrogen-bond acceptors (Lipinski definition) is 5. The highest BCUT2D eigenvalue weighted by Crippen LogP contribution is 2.16. The van der Waals surface area contributed by atoms with E-state index in [1.807, 2.05) is 18.2 Å². The van der Waals surface area contributed by atoms with E-state index in [0.717, 1.165) is 0 Å². The lowest BCUT2D eigenvalue weighted by molar-refractivity contribution is 0.103. The highest BCUT2D eigenvalue weighted by Gasteiger charge is 2.14. The second-order valence-electron chi connectivity index (χ2n) is 5.57. The van der Waals surface area contributed by atoms with Crippen molar-refractivity contribution in [2.24, 2.45) is 0 Å². The summed E-state index contributed by atoms with van der Waals surface area (Å²) in [6.07, 6.45) is 0. The first kappa shape index (κ1) is 14.9. The standard InChI is InChI=1S/C18H13N5O2/c1-11-19-17-15(18(25)20-11)21-22-23(17)14-9-5-8-13(10-14)16(24)12-6-3-2-4-7-12/h2-10H,1H3,(H,19,20,25). The number of aromatic nitrogens is 5. The van der Waals surface area contributed by atoms with Crippen molar-refractivity contribution in [2.75, 3.05) is 0 Å². The van der Waals surface area contributed by atoms with Gasteiger partial charge in [0, 0.05) is 11.1 Å². The second kappa shape index (κ2) is 5.79. The Kier molecular flexibility index (Phi) is 3.46. The molecule has 0 bridgehead atoms. The number of H-pyrrole nitrogens is 1. The normalized spacial score (nSPS) is 10.9. The van der Waals surface area contributed by atoms with Crippen LogP contribution in [0, 0.1) is 6.92 Å². The van der Waals surface area contributed by atoms with Gasteiger partial charge >= 0.3 is 0 Å². The molecule has 2 aromatic carbocycles. The Hall–Kier alpha value is -3.61. The van der Waals surface area contributed by atoms with E-state index < -0.39 is 0 Å². The number of nitrogens with one attached hydrogen (secondary N) is 1. The molecule has 4 aromatic rings. The van der Waals surface area contributed by atoms with Gasteiger partial charge in [-0.05, 0) is 19.1 Å². The molecule has 0 spiro atoms. The quantitative estimate of drug-likeness (QED) is 0.580. The zero-order valence-corrected chi connectivity index (χ0v) is 13.3. The van der Waals surface area contributed by atoms with Crippen molar-refractivity contribution in [3.05, 3.63) is 81.9 Å². The number of aryl methyl sites for hydroxylation is 1. The molecular formula is C18H13N5O2. The number of hydrogen-bond donors (Lipinski definition) is 1. The van der Waals surface area contributed by atoms with Crippen LogP contribution in [0.2, 0.25) is 0 Å². The fraction of sp³-hybridized carbons (Fsp3) is 0.0556. The Morgan fingerprint density at radius 1 is 1.04 bits per heavy atom. The third kappa shape index (κ3) is 2.61. The molecule has 0 fully saturated rings. The lowest BCUT2D eigenvalue weighted by atomic mass is 10.0. The maximum atomic E-state index is 12.6. The first-order chi connectivity index (χ1) is 12.1. The Morgan fingerprint density at radius 3 is 2.60 bits per heavy atom. The van der Waals surface area contributed by atoms with Crippen molar-refractivity contribution in [1.29, 1.82) is 0 Å². The van der Waals surface area contributed by atoms with E-state index in [4.69, 9.17) is 0 Å². The number of benzene rings is 2. The molecule has 0 saturated heterocycles. The molecule has 2 heterocycles. The van der Waals surface area contributed by atoms with Crippen LogP contribution in [-0.2, 0) is 0 Å². The van der Waals surface area contributed by atoms with Crippen LogP contribution in [0.4, 0.5) is 0 Å². The van der Waals surface area contributed by atoms with E-state index in [1.54, 1.807) is 43.3 Å². The fourth-order valence-corrected chi connectivity index (χ4v) is 2.64. The van der Waals surface area contributed by atoms with Gasteiger partial charge in [0.1, 0.15) is 5.82 Å². The van der Waals surface area contributed by atoms with Crippen molar-refractivity contribution < 1.29 is 4.79 Å². The highest BCUT2D eigenvalue weighted by atomic mass is 16.1. The topological polar surface area (TPSA) is 93.5 Å². The molecule has 25 heavy (non-hydrogen) atoms. The summed E-state index contributed by atoms with van der Waals surface area (Å²) < 4.78 is 1.46. The zero-order chi connectivity index (χ0) is 17.4. The Labute approximate surface area is 142 Å². The van der Waals surface area contributed by atoms with Crippen LogP contribution in [-0.4, -0.2) is 30.7 Å². The average Bonchev–Trinajstić information content (AvgIpc) is 3.06. The minimum atomic E-state index is -0.342. The first-order valence-corrected chi connectivity index (χ1v) is 7.66. The lowest BCUT2D eigenvalue weighted by Gasteiger charge is -2.05. The molecule has 0 aliphatic heterocycles. The predicted molar refractivity (Wildman–Crippen MR) is 91.9 cm³/mol. The van der Waals surface area contributed by atoms with Crippen LogP contribution in [0.5, 0.6) is 0 Å². The maximum Gasteiger partial charge on any atom is 0.281 e. The molecule has 122 valence electrons. The number of fused-ring (bicyclic) bond motifs is 1. The van der Waals surface area contributed by atoms with E-state index in [9.17, 15) is 9.59 Å². The molecule has 0 unspecified atom stereocenters. The minimum Gasteiger partial charge on any atom is -0.309 e. The monoisotopic (exact) mass is 331 g/mol. The third-order valence-electron chi connectivity index (χ3n) is 3.82. The number of carbonyl (C=O) groups is 1. The van der Waals surface area contributed by atoms with Gasteiger partial charge in [0.15, 0.2) is 16.9 Å².